The maximum Gasteiger partial charge on any atom is 0.410 e. The number of carbonyl (C=O) groups excluding carboxylic acids is 1. The molecule has 0 saturated carbocycles. The van der Waals surface area contributed by atoms with Crippen molar-refractivity contribution in [1.29, 1.82) is 0 Å². The molecule has 1 aromatic heterocycles. The molecule has 0 aromatic carbocycles. The van der Waals surface area contributed by atoms with Crippen molar-refractivity contribution in [3.63, 3.8) is 0 Å². The Kier molecular flexibility index (Phi) is 8.15. The second kappa shape index (κ2) is 9.60. The van der Waals surface area contributed by atoms with Crippen molar-refractivity contribution in [3.8, 4) is 0 Å². The molecule has 8 heteroatoms. The lowest BCUT2D eigenvalue weighted by Crippen LogP contribution is -2.42. The highest BCUT2D eigenvalue weighted by molar-refractivity contribution is 7.11. The highest BCUT2D eigenvalue weighted by Gasteiger charge is 2.22. The van der Waals surface area contributed by atoms with E-state index in [1.807, 2.05) is 40.8 Å². The van der Waals surface area contributed by atoms with Gasteiger partial charge in [0.1, 0.15) is 10.6 Å². The zero-order valence-corrected chi connectivity index (χ0v) is 17.2. The van der Waals surface area contributed by atoms with Gasteiger partial charge in [-0.15, -0.1) is 11.3 Å². The van der Waals surface area contributed by atoms with E-state index in [9.17, 15) is 4.79 Å². The van der Waals surface area contributed by atoms with E-state index in [1.165, 1.54) is 4.88 Å². The van der Waals surface area contributed by atoms with E-state index in [2.05, 4.69) is 20.6 Å². The first-order chi connectivity index (χ1) is 11.6. The highest BCUT2D eigenvalue weighted by Crippen LogP contribution is 2.12. The van der Waals surface area contributed by atoms with Crippen LogP contribution < -0.4 is 10.6 Å². The molecule has 1 amide bonds. The number of aliphatic imine (C=N–C) groups is 1. The van der Waals surface area contributed by atoms with Gasteiger partial charge in [-0.05, 0) is 41.0 Å². The molecule has 0 fully saturated rings. The Morgan fingerprint density at radius 3 is 2.64 bits per heavy atom. The Morgan fingerprint density at radius 1 is 1.44 bits per heavy atom. The predicted molar refractivity (Wildman–Crippen MR) is 103 cm³/mol. The highest BCUT2D eigenvalue weighted by atomic mass is 32.1. The average Bonchev–Trinajstić information content (AvgIpc) is 2.93. The number of amides is 1. The van der Waals surface area contributed by atoms with Gasteiger partial charge in [-0.3, -0.25) is 4.99 Å². The van der Waals surface area contributed by atoms with Gasteiger partial charge in [0.2, 0.25) is 0 Å². The molecule has 1 atom stereocenters. The normalized spacial score (nSPS) is 13.3. The number of ether oxygens (including phenoxy) is 1. The summed E-state index contributed by atoms with van der Waals surface area (Å²) in [5.74, 6) is 0.722. The smallest absolute Gasteiger partial charge is 0.410 e. The number of aromatic nitrogens is 1. The van der Waals surface area contributed by atoms with Gasteiger partial charge in [-0.1, -0.05) is 0 Å². The molecule has 2 N–H and O–H groups in total. The van der Waals surface area contributed by atoms with E-state index in [-0.39, 0.29) is 12.1 Å². The van der Waals surface area contributed by atoms with Gasteiger partial charge in [-0.25, -0.2) is 9.78 Å². The SMILES string of the molecule is CN=C(NCCC(C)N(C)C(=O)OC(C)(C)C)NCc1ncc(C)s1. The fourth-order valence-corrected chi connectivity index (χ4v) is 2.70. The molecule has 1 heterocycles. The van der Waals surface area contributed by atoms with E-state index in [4.69, 9.17) is 4.74 Å². The Hall–Kier alpha value is -1.83. The van der Waals surface area contributed by atoms with E-state index in [1.54, 1.807) is 30.3 Å². The van der Waals surface area contributed by atoms with E-state index in [0.29, 0.717) is 13.1 Å². The van der Waals surface area contributed by atoms with Crippen LogP contribution in [0.3, 0.4) is 0 Å². The number of rotatable bonds is 6. The van der Waals surface area contributed by atoms with Crippen LogP contribution in [0.15, 0.2) is 11.2 Å². The summed E-state index contributed by atoms with van der Waals surface area (Å²) in [7, 11) is 3.50. The molecule has 0 spiro atoms. The largest absolute Gasteiger partial charge is 0.444 e. The van der Waals surface area contributed by atoms with Gasteiger partial charge in [0.25, 0.3) is 0 Å². The van der Waals surface area contributed by atoms with Gasteiger partial charge in [-0.2, -0.15) is 0 Å². The summed E-state index contributed by atoms with van der Waals surface area (Å²) >= 11 is 1.67. The lowest BCUT2D eigenvalue weighted by molar-refractivity contribution is 0.0230. The first-order valence-corrected chi connectivity index (χ1v) is 9.25. The second-order valence-corrected chi connectivity index (χ2v) is 8.27. The van der Waals surface area contributed by atoms with Crippen LogP contribution in [0.25, 0.3) is 0 Å². The van der Waals surface area contributed by atoms with Crippen molar-refractivity contribution < 1.29 is 9.53 Å². The van der Waals surface area contributed by atoms with Crippen LogP contribution in [0.2, 0.25) is 0 Å². The summed E-state index contributed by atoms with van der Waals surface area (Å²) < 4.78 is 5.38. The maximum atomic E-state index is 12.1. The molecule has 25 heavy (non-hydrogen) atoms. The summed E-state index contributed by atoms with van der Waals surface area (Å²) in [4.78, 5) is 23.4. The lowest BCUT2D eigenvalue weighted by atomic mass is 10.2. The van der Waals surface area contributed by atoms with Crippen LogP contribution in [0.4, 0.5) is 4.79 Å². The standard InChI is InChI=1S/C17H31N5O2S/c1-12(22(7)16(23)24-17(3,4)5)8-9-19-15(18-6)21-11-14-20-10-13(2)25-14/h10,12H,8-9,11H2,1-7H3,(H2,18,19,21). The topological polar surface area (TPSA) is 78.9 Å². The summed E-state index contributed by atoms with van der Waals surface area (Å²) in [6, 6.07) is 0.0575. The first kappa shape index (κ1) is 21.2. The third-order valence-electron chi connectivity index (χ3n) is 3.50. The van der Waals surface area contributed by atoms with Crippen LogP contribution in [0.5, 0.6) is 0 Å². The Bertz CT molecular complexity index is 580. The number of hydrogen-bond acceptors (Lipinski definition) is 5. The molecule has 0 aliphatic carbocycles. The van der Waals surface area contributed by atoms with E-state index < -0.39 is 5.60 Å². The zero-order chi connectivity index (χ0) is 19.0. The predicted octanol–water partition coefficient (Wildman–Crippen LogP) is 2.76. The number of nitrogens with one attached hydrogen (secondary N) is 2. The van der Waals surface area contributed by atoms with Crippen molar-refractivity contribution in [2.24, 2.45) is 4.99 Å². The summed E-state index contributed by atoms with van der Waals surface area (Å²) in [6.45, 7) is 11.0. The Labute approximate surface area is 154 Å². The van der Waals surface area contributed by atoms with Crippen LogP contribution in [-0.4, -0.2) is 54.2 Å². The van der Waals surface area contributed by atoms with Crippen molar-refractivity contribution in [3.05, 3.63) is 16.1 Å². The number of thiazole rings is 1. The second-order valence-electron chi connectivity index (χ2n) is 6.95. The molecule has 0 bridgehead atoms. The monoisotopic (exact) mass is 369 g/mol. The fourth-order valence-electron chi connectivity index (χ4n) is 1.97. The number of carbonyl (C=O) groups is 1. The van der Waals surface area contributed by atoms with Gasteiger partial charge >= 0.3 is 6.09 Å². The summed E-state index contributed by atoms with van der Waals surface area (Å²) in [5, 5.41) is 7.52. The summed E-state index contributed by atoms with van der Waals surface area (Å²) in [6.07, 6.45) is 2.35. The molecular formula is C17H31N5O2S. The third-order valence-corrected chi connectivity index (χ3v) is 4.41. The van der Waals surface area contributed by atoms with Gasteiger partial charge < -0.3 is 20.3 Å². The van der Waals surface area contributed by atoms with Crippen molar-refractivity contribution in [2.75, 3.05) is 20.6 Å². The fraction of sp³-hybridized carbons (Fsp3) is 0.706. The number of nitrogens with zero attached hydrogens (tertiary/aromatic N) is 3. The van der Waals surface area contributed by atoms with E-state index >= 15 is 0 Å². The minimum Gasteiger partial charge on any atom is -0.444 e. The number of aryl methyl sites for hydroxylation is 1. The minimum atomic E-state index is -0.483. The average molecular weight is 370 g/mol. The van der Waals surface area contributed by atoms with Crippen molar-refractivity contribution >= 4 is 23.4 Å². The van der Waals surface area contributed by atoms with Crippen molar-refractivity contribution in [1.82, 2.24) is 20.5 Å². The van der Waals surface area contributed by atoms with Crippen LogP contribution in [-0.2, 0) is 11.3 Å². The lowest BCUT2D eigenvalue weighted by Gasteiger charge is -2.28. The molecule has 1 rings (SSSR count). The minimum absolute atomic E-state index is 0.0575. The van der Waals surface area contributed by atoms with E-state index in [0.717, 1.165) is 17.4 Å². The molecule has 0 saturated heterocycles. The number of hydrogen-bond donors (Lipinski definition) is 2. The molecule has 7 nitrogen and oxygen atoms in total. The molecule has 142 valence electrons. The summed E-state index contributed by atoms with van der Waals surface area (Å²) in [5.41, 5.74) is -0.483. The molecule has 1 unspecified atom stereocenters. The Balaban J connectivity index is 2.34. The molecular weight excluding hydrogens is 338 g/mol. The third kappa shape index (κ3) is 8.20. The Morgan fingerprint density at radius 2 is 2.12 bits per heavy atom. The van der Waals surface area contributed by atoms with Gasteiger partial charge in [0, 0.05) is 37.8 Å². The quantitative estimate of drug-likeness (QED) is 0.595. The van der Waals surface area contributed by atoms with Crippen LogP contribution in [0.1, 0.15) is 44.0 Å². The molecule has 0 aliphatic rings. The van der Waals surface area contributed by atoms with Gasteiger partial charge in [0.05, 0.1) is 6.54 Å². The zero-order valence-electron chi connectivity index (χ0n) is 16.3. The van der Waals surface area contributed by atoms with Gasteiger partial charge in [0.15, 0.2) is 5.96 Å². The maximum absolute atomic E-state index is 12.1. The van der Waals surface area contributed by atoms with Crippen molar-refractivity contribution in [2.45, 2.75) is 59.2 Å². The van der Waals surface area contributed by atoms with Crippen LogP contribution >= 0.6 is 11.3 Å². The molecule has 1 aromatic rings. The van der Waals surface area contributed by atoms with Crippen LogP contribution in [0, 0.1) is 6.92 Å². The molecule has 0 aliphatic heterocycles. The number of guanidine groups is 1. The molecule has 0 radical (unpaired) electrons. The first-order valence-electron chi connectivity index (χ1n) is 8.44.